The summed E-state index contributed by atoms with van der Waals surface area (Å²) in [5, 5.41) is 12.0. The quantitative estimate of drug-likeness (QED) is 0.310. The van der Waals surface area contributed by atoms with Crippen molar-refractivity contribution in [3.05, 3.63) is 18.2 Å². The molecular formula is C16H24AsNO7. The Hall–Kier alpha value is -1.76. The van der Waals surface area contributed by atoms with Crippen LogP contribution in [0, 0.1) is 5.92 Å². The van der Waals surface area contributed by atoms with Gasteiger partial charge in [-0.3, -0.25) is 0 Å². The number of carbonyl (C=O) groups excluding carboxylic acids is 2. The number of aromatic hydroxyl groups is 1. The molecule has 0 saturated carbocycles. The molecule has 2 atom stereocenters. The van der Waals surface area contributed by atoms with Gasteiger partial charge < -0.3 is 0 Å². The number of benzene rings is 1. The maximum absolute atomic E-state index is 12.4. The number of phenols is 1. The molecule has 1 rings (SSSR count). The van der Waals surface area contributed by atoms with Crippen LogP contribution < -0.4 is 9.67 Å². The summed E-state index contributed by atoms with van der Waals surface area (Å²) in [4.78, 5) is 22.4. The van der Waals surface area contributed by atoms with Crippen LogP contribution in [-0.4, -0.2) is 48.5 Å². The Morgan fingerprint density at radius 1 is 1.36 bits per heavy atom. The molecule has 0 radical (unpaired) electrons. The van der Waals surface area contributed by atoms with Gasteiger partial charge in [-0.15, -0.1) is 0 Å². The van der Waals surface area contributed by atoms with E-state index in [1.165, 1.54) is 25.1 Å². The number of anilines is 1. The molecule has 0 fully saturated rings. The van der Waals surface area contributed by atoms with Crippen LogP contribution in [0.5, 0.6) is 5.75 Å². The summed E-state index contributed by atoms with van der Waals surface area (Å²) in [7, 11) is 0. The van der Waals surface area contributed by atoms with Gasteiger partial charge in [0, 0.05) is 0 Å². The van der Waals surface area contributed by atoms with Crippen LogP contribution in [0.15, 0.2) is 18.2 Å². The Labute approximate surface area is 149 Å². The third kappa shape index (κ3) is 7.34. The molecular weight excluding hydrogens is 393 g/mol. The van der Waals surface area contributed by atoms with Crippen molar-refractivity contribution < 1.29 is 31.0 Å². The van der Waals surface area contributed by atoms with Crippen molar-refractivity contribution in [1.82, 2.24) is 0 Å². The van der Waals surface area contributed by atoms with E-state index in [9.17, 15) is 22.5 Å². The molecule has 0 aliphatic carbocycles. The summed E-state index contributed by atoms with van der Waals surface area (Å²) in [5.74, 6) is -1.05. The molecule has 0 aliphatic heterocycles. The van der Waals surface area contributed by atoms with Crippen molar-refractivity contribution in [2.45, 2.75) is 33.6 Å². The Kier molecular flexibility index (Phi) is 8.22. The minimum absolute atomic E-state index is 0.00273. The number of hydrogen-bond acceptors (Lipinski definition) is 6. The molecule has 9 heteroatoms. The second kappa shape index (κ2) is 9.65. The summed E-state index contributed by atoms with van der Waals surface area (Å²) < 4.78 is 32.6. The molecule has 3 N–H and O–H groups in total. The number of hydrogen-bond donors (Lipinski definition) is 3. The monoisotopic (exact) mass is 417 g/mol. The molecule has 0 bridgehead atoms. The number of amides is 1. The van der Waals surface area contributed by atoms with Gasteiger partial charge in [0.05, 0.1) is 0 Å². The van der Waals surface area contributed by atoms with Crippen molar-refractivity contribution >= 4 is 36.1 Å². The van der Waals surface area contributed by atoms with Crippen molar-refractivity contribution in [3.63, 3.8) is 0 Å². The van der Waals surface area contributed by atoms with Crippen molar-refractivity contribution in [3.8, 4) is 5.75 Å². The Bertz CT molecular complexity index is 662. The molecule has 0 heterocycles. The summed E-state index contributed by atoms with van der Waals surface area (Å²) >= 11 is -4.83. The van der Waals surface area contributed by atoms with E-state index in [1.807, 2.05) is 0 Å². The third-order valence-electron chi connectivity index (χ3n) is 3.30. The van der Waals surface area contributed by atoms with E-state index in [1.54, 1.807) is 13.8 Å². The summed E-state index contributed by atoms with van der Waals surface area (Å²) in [5.41, 5.74) is 0.0413. The first-order chi connectivity index (χ1) is 11.7. The molecule has 0 saturated heterocycles. The molecule has 1 aromatic rings. The van der Waals surface area contributed by atoms with Crippen LogP contribution in [0.2, 0.25) is 0 Å². The molecule has 0 aromatic heterocycles. The minimum atomic E-state index is -4.83. The first kappa shape index (κ1) is 21.3. The Morgan fingerprint density at radius 3 is 2.64 bits per heavy atom. The maximum atomic E-state index is 12.4. The van der Waals surface area contributed by atoms with E-state index in [-0.39, 0.29) is 40.7 Å². The Balaban J connectivity index is 2.67. The van der Waals surface area contributed by atoms with Gasteiger partial charge >= 0.3 is 149 Å². The fourth-order valence-electron chi connectivity index (χ4n) is 1.97. The van der Waals surface area contributed by atoms with Crippen molar-refractivity contribution in [1.29, 1.82) is 0 Å². The van der Waals surface area contributed by atoms with E-state index in [0.717, 1.165) is 0 Å². The average Bonchev–Trinajstić information content (AvgIpc) is 2.53. The molecule has 1 amide bonds. The van der Waals surface area contributed by atoms with E-state index in [0.29, 0.717) is 13.0 Å². The normalized spacial score (nSPS) is 14.4. The van der Waals surface area contributed by atoms with E-state index in [2.05, 4.69) is 5.32 Å². The fourth-order valence-corrected chi connectivity index (χ4v) is 4.41. The van der Waals surface area contributed by atoms with E-state index in [4.69, 9.17) is 8.46 Å². The molecule has 2 unspecified atom stereocenters. The number of rotatable bonds is 9. The van der Waals surface area contributed by atoms with Gasteiger partial charge in [-0.25, -0.2) is 0 Å². The SMILES string of the molecule is CCOC(=O)CCC(C)CO[As](=O)(O)c1ccc(O)c(NC(C)=O)c1. The van der Waals surface area contributed by atoms with Gasteiger partial charge in [0.2, 0.25) is 0 Å². The van der Waals surface area contributed by atoms with E-state index >= 15 is 0 Å². The molecule has 0 spiro atoms. The zero-order valence-corrected chi connectivity index (χ0v) is 16.4. The number of phenolic OH excluding ortho intramolecular Hbond substituents is 1. The standard InChI is InChI=1S/C16H24AsNO7/c1-4-24-16(21)8-5-11(2)10-25-17(22,23)13-6-7-15(20)14(9-13)18-12(3)19/h6-7,9,11,20H,4-5,8,10H2,1-3H3,(H,18,19)(H,22,23). The summed E-state index contributed by atoms with van der Waals surface area (Å²) in [6.45, 7) is 5.10. The van der Waals surface area contributed by atoms with Crippen LogP contribution in [-0.2, 0) is 21.8 Å². The van der Waals surface area contributed by atoms with Crippen molar-refractivity contribution in [2.24, 2.45) is 5.92 Å². The fraction of sp³-hybridized carbons (Fsp3) is 0.500. The average molecular weight is 417 g/mol. The van der Waals surface area contributed by atoms with Gasteiger partial charge in [-0.2, -0.15) is 0 Å². The zero-order chi connectivity index (χ0) is 19.0. The molecule has 1 aromatic carbocycles. The third-order valence-corrected chi connectivity index (χ3v) is 6.30. The van der Waals surface area contributed by atoms with Crippen molar-refractivity contribution in [2.75, 3.05) is 18.5 Å². The second-order valence-electron chi connectivity index (χ2n) is 5.65. The van der Waals surface area contributed by atoms with Gasteiger partial charge in [0.25, 0.3) is 0 Å². The predicted molar refractivity (Wildman–Crippen MR) is 91.7 cm³/mol. The zero-order valence-electron chi connectivity index (χ0n) is 14.5. The molecule has 0 aliphatic rings. The van der Waals surface area contributed by atoms with Gasteiger partial charge in [0.1, 0.15) is 0 Å². The van der Waals surface area contributed by atoms with Crippen LogP contribution in [0.25, 0.3) is 0 Å². The topological polar surface area (TPSA) is 122 Å². The van der Waals surface area contributed by atoms with Crippen LogP contribution >= 0.6 is 0 Å². The Morgan fingerprint density at radius 2 is 2.04 bits per heavy atom. The van der Waals surface area contributed by atoms with Gasteiger partial charge in [-0.05, 0) is 0 Å². The van der Waals surface area contributed by atoms with Gasteiger partial charge in [0.15, 0.2) is 0 Å². The first-order valence-corrected chi connectivity index (χ1v) is 11.2. The first-order valence-electron chi connectivity index (χ1n) is 7.89. The molecule has 8 nitrogen and oxygen atoms in total. The van der Waals surface area contributed by atoms with Crippen LogP contribution in [0.4, 0.5) is 5.69 Å². The summed E-state index contributed by atoms with van der Waals surface area (Å²) in [6, 6.07) is 3.72. The molecule has 25 heavy (non-hydrogen) atoms. The predicted octanol–water partition coefficient (Wildman–Crippen LogP) is 0.915. The summed E-state index contributed by atoms with van der Waals surface area (Å²) in [6.07, 6.45) is 0.689. The molecule has 140 valence electrons. The van der Waals surface area contributed by atoms with Crippen LogP contribution in [0.3, 0.4) is 0 Å². The van der Waals surface area contributed by atoms with Gasteiger partial charge in [-0.1, -0.05) is 0 Å². The number of nitrogens with one attached hydrogen (secondary N) is 1. The number of esters is 1. The van der Waals surface area contributed by atoms with Crippen LogP contribution in [0.1, 0.15) is 33.6 Å². The number of carbonyl (C=O) groups is 2. The second-order valence-corrected chi connectivity index (χ2v) is 9.46. The van der Waals surface area contributed by atoms with E-state index < -0.39 is 20.1 Å². The number of ether oxygens (including phenoxy) is 1.